The normalized spacial score (nSPS) is 19.7. The molecule has 5 rings (SSSR count). The second-order valence-electron chi connectivity index (χ2n) is 11.5. The van der Waals surface area contributed by atoms with Gasteiger partial charge in [-0.25, -0.2) is 10.4 Å². The molecule has 1 aliphatic heterocycles. The largest absolute Gasteiger partial charge is 0.494 e. The number of aliphatic hydroxyl groups is 1. The van der Waals surface area contributed by atoms with Crippen molar-refractivity contribution in [3.63, 3.8) is 0 Å². The topological polar surface area (TPSA) is 141 Å². The fourth-order valence-corrected chi connectivity index (χ4v) is 6.50. The molecule has 3 aromatic rings. The van der Waals surface area contributed by atoms with E-state index in [1.54, 1.807) is 0 Å². The summed E-state index contributed by atoms with van der Waals surface area (Å²) in [7, 11) is 0. The number of hydrogen-bond acceptors (Lipinski definition) is 7. The van der Waals surface area contributed by atoms with Crippen LogP contribution in [0, 0.1) is 5.92 Å². The third kappa shape index (κ3) is 8.04. The summed E-state index contributed by atoms with van der Waals surface area (Å²) in [6.07, 6.45) is 5.95. The van der Waals surface area contributed by atoms with Gasteiger partial charge in [0.15, 0.2) is 11.6 Å². The number of hydrogen-bond donors (Lipinski definition) is 3. The van der Waals surface area contributed by atoms with E-state index >= 15 is 0 Å². The molecule has 1 heterocycles. The maximum atomic E-state index is 14.5. The first kappa shape index (κ1) is 32.5. The molecule has 2 aliphatic rings. The van der Waals surface area contributed by atoms with Crippen LogP contribution < -0.4 is 15.6 Å². The molecule has 0 unspecified atom stereocenters. The van der Waals surface area contributed by atoms with Gasteiger partial charge in [0.25, 0.3) is 5.91 Å². The van der Waals surface area contributed by atoms with E-state index in [-0.39, 0.29) is 25.5 Å². The molecule has 0 bridgehead atoms. The lowest BCUT2D eigenvalue weighted by atomic mass is 9.81. The molecular weight excluding hydrogens is 636 g/mol. The number of rotatable bonds is 14. The van der Waals surface area contributed by atoms with Crippen molar-refractivity contribution in [3.05, 3.63) is 110 Å². The summed E-state index contributed by atoms with van der Waals surface area (Å²) in [5.74, 6) is 1.20. The molecule has 10 nitrogen and oxygen atoms in total. The van der Waals surface area contributed by atoms with Crippen LogP contribution in [0.25, 0.3) is 10.4 Å². The SMILES string of the molecule is [N-]=[N+]=NCc1ccccc1C[C@]1(C(=O)NNCC2CCCCC2)N=C(c2ccc(OCCCO)cc2)O[C@H]1c1ccccc1Br. The van der Waals surface area contributed by atoms with Gasteiger partial charge in [0.1, 0.15) is 5.75 Å². The maximum Gasteiger partial charge on any atom is 0.266 e. The molecular formula is C34H39BrN6O4. The maximum absolute atomic E-state index is 14.5. The quantitative estimate of drug-likeness (QED) is 0.0572. The van der Waals surface area contributed by atoms with E-state index < -0.39 is 11.6 Å². The number of carbonyl (C=O) groups excluding carboxylic acids is 1. The van der Waals surface area contributed by atoms with E-state index in [1.165, 1.54) is 19.3 Å². The van der Waals surface area contributed by atoms with Gasteiger partial charge in [-0.15, -0.1) is 0 Å². The number of amides is 1. The minimum Gasteiger partial charge on any atom is -0.494 e. The zero-order chi connectivity index (χ0) is 31.5. The van der Waals surface area contributed by atoms with Crippen molar-refractivity contribution in [2.24, 2.45) is 16.0 Å². The number of nitrogens with one attached hydrogen (secondary N) is 2. The lowest BCUT2D eigenvalue weighted by Gasteiger charge is -2.32. The number of ether oxygens (including phenoxy) is 2. The summed E-state index contributed by atoms with van der Waals surface area (Å²) in [4.78, 5) is 22.6. The van der Waals surface area contributed by atoms with E-state index in [1.807, 2.05) is 72.8 Å². The van der Waals surface area contributed by atoms with E-state index in [2.05, 4.69) is 36.8 Å². The Morgan fingerprint density at radius 3 is 2.53 bits per heavy atom. The Morgan fingerprint density at radius 1 is 1.07 bits per heavy atom. The zero-order valence-corrected chi connectivity index (χ0v) is 26.8. The highest BCUT2D eigenvalue weighted by molar-refractivity contribution is 9.10. The smallest absolute Gasteiger partial charge is 0.266 e. The zero-order valence-electron chi connectivity index (χ0n) is 25.2. The van der Waals surface area contributed by atoms with Crippen LogP contribution in [-0.2, 0) is 22.5 Å². The Bertz CT molecular complexity index is 1520. The van der Waals surface area contributed by atoms with Crippen LogP contribution in [0.1, 0.15) is 66.9 Å². The van der Waals surface area contributed by atoms with Gasteiger partial charge < -0.3 is 14.6 Å². The van der Waals surface area contributed by atoms with E-state index in [9.17, 15) is 4.79 Å². The highest BCUT2D eigenvalue weighted by Gasteiger charge is 2.54. The van der Waals surface area contributed by atoms with Crippen molar-refractivity contribution in [2.75, 3.05) is 19.8 Å². The van der Waals surface area contributed by atoms with Crippen LogP contribution >= 0.6 is 15.9 Å². The van der Waals surface area contributed by atoms with Crippen LogP contribution in [0.3, 0.4) is 0 Å². The Hall–Kier alpha value is -3.89. The highest BCUT2D eigenvalue weighted by atomic mass is 79.9. The molecule has 11 heteroatoms. The van der Waals surface area contributed by atoms with Crippen molar-refractivity contribution in [2.45, 2.75) is 63.1 Å². The van der Waals surface area contributed by atoms with Gasteiger partial charge in [-0.05, 0) is 65.7 Å². The number of nitrogens with zero attached hydrogens (tertiary/aromatic N) is 4. The minimum atomic E-state index is -1.40. The Morgan fingerprint density at radius 2 is 1.80 bits per heavy atom. The summed E-state index contributed by atoms with van der Waals surface area (Å²) in [5.41, 5.74) is 17.0. The first-order valence-electron chi connectivity index (χ1n) is 15.5. The Balaban J connectivity index is 1.54. The molecule has 1 fully saturated rings. The molecule has 45 heavy (non-hydrogen) atoms. The van der Waals surface area contributed by atoms with E-state index in [4.69, 9.17) is 25.1 Å². The van der Waals surface area contributed by atoms with Gasteiger partial charge in [0.05, 0.1) is 13.2 Å². The fraction of sp³-hybridized carbons (Fsp3) is 0.412. The van der Waals surface area contributed by atoms with Gasteiger partial charge in [-0.1, -0.05) is 82.8 Å². The van der Waals surface area contributed by atoms with Crippen molar-refractivity contribution in [1.29, 1.82) is 0 Å². The number of azide groups is 1. The predicted octanol–water partition coefficient (Wildman–Crippen LogP) is 6.72. The van der Waals surface area contributed by atoms with E-state index in [0.29, 0.717) is 42.7 Å². The van der Waals surface area contributed by atoms with Crippen LogP contribution in [0.4, 0.5) is 0 Å². The number of aliphatic imine (C=N–C) groups is 1. The minimum absolute atomic E-state index is 0.0603. The third-order valence-electron chi connectivity index (χ3n) is 8.42. The number of carbonyl (C=O) groups is 1. The summed E-state index contributed by atoms with van der Waals surface area (Å²) in [6, 6.07) is 22.7. The average molecular weight is 676 g/mol. The lowest BCUT2D eigenvalue weighted by Crippen LogP contribution is -2.54. The standard InChI is InChI=1S/C34H39BrN6O4/c35-30-14-7-6-13-29(30)31-34(21-26-11-4-5-12-27(26)23-38-41-36,33(43)40-37-22-24-9-2-1-3-10-24)39-32(45-31)25-15-17-28(18-16-25)44-20-8-19-42/h4-7,11-18,24,31,37,42H,1-3,8-10,19-23H2,(H,40,43)/t31-,34-/m0/s1. The number of benzene rings is 3. The highest BCUT2D eigenvalue weighted by Crippen LogP contribution is 2.45. The van der Waals surface area contributed by atoms with Gasteiger partial charge in [0.2, 0.25) is 5.90 Å². The van der Waals surface area contributed by atoms with Crippen LogP contribution in [0.2, 0.25) is 0 Å². The van der Waals surface area contributed by atoms with Crippen molar-refractivity contribution >= 4 is 27.7 Å². The van der Waals surface area contributed by atoms with Gasteiger partial charge >= 0.3 is 0 Å². The summed E-state index contributed by atoms with van der Waals surface area (Å²) >= 11 is 3.69. The molecule has 0 aromatic heterocycles. The third-order valence-corrected chi connectivity index (χ3v) is 9.14. The Kier molecular flexibility index (Phi) is 11.5. The Labute approximate surface area is 272 Å². The van der Waals surface area contributed by atoms with Crippen LogP contribution in [0.15, 0.2) is 87.4 Å². The molecule has 1 aliphatic carbocycles. The molecule has 1 amide bonds. The fourth-order valence-electron chi connectivity index (χ4n) is 6.00. The summed E-state index contributed by atoms with van der Waals surface area (Å²) in [6.45, 7) is 1.30. The molecule has 3 N–H and O–H groups in total. The predicted molar refractivity (Wildman–Crippen MR) is 177 cm³/mol. The molecule has 3 aromatic carbocycles. The molecule has 0 spiro atoms. The van der Waals surface area contributed by atoms with Crippen molar-refractivity contribution in [1.82, 2.24) is 10.9 Å². The van der Waals surface area contributed by atoms with E-state index in [0.717, 1.165) is 34.0 Å². The second-order valence-corrected chi connectivity index (χ2v) is 12.3. The number of hydrazine groups is 1. The molecule has 0 saturated heterocycles. The first-order chi connectivity index (χ1) is 22.0. The van der Waals surface area contributed by atoms with Crippen molar-refractivity contribution < 1.29 is 19.4 Å². The molecule has 2 atom stereocenters. The molecule has 0 radical (unpaired) electrons. The number of halogens is 1. The monoisotopic (exact) mass is 674 g/mol. The number of aliphatic hydroxyl groups excluding tert-OH is 1. The summed E-state index contributed by atoms with van der Waals surface area (Å²) in [5, 5.41) is 12.9. The molecule has 236 valence electrons. The summed E-state index contributed by atoms with van der Waals surface area (Å²) < 4.78 is 13.2. The second kappa shape index (κ2) is 15.9. The first-order valence-corrected chi connectivity index (χ1v) is 16.3. The van der Waals surface area contributed by atoms with Gasteiger partial charge in [-0.2, -0.15) is 0 Å². The van der Waals surface area contributed by atoms with Gasteiger partial charge in [0, 0.05) is 46.5 Å². The lowest BCUT2D eigenvalue weighted by molar-refractivity contribution is -0.130. The average Bonchev–Trinajstić information content (AvgIpc) is 3.45. The van der Waals surface area contributed by atoms with Crippen molar-refractivity contribution in [3.8, 4) is 5.75 Å². The van der Waals surface area contributed by atoms with Crippen LogP contribution in [0.5, 0.6) is 5.75 Å². The van der Waals surface area contributed by atoms with Gasteiger partial charge in [-0.3, -0.25) is 10.2 Å². The van der Waals surface area contributed by atoms with Crippen LogP contribution in [-0.4, -0.2) is 42.2 Å². The molecule has 1 saturated carbocycles.